The van der Waals surface area contributed by atoms with Crippen LogP contribution in [0.5, 0.6) is 17.2 Å². The van der Waals surface area contributed by atoms with Gasteiger partial charge in [-0.1, -0.05) is 31.0 Å². The van der Waals surface area contributed by atoms with Gasteiger partial charge in [0, 0.05) is 12.1 Å². The van der Waals surface area contributed by atoms with Crippen molar-refractivity contribution in [2.75, 3.05) is 26.9 Å². The second-order valence-corrected chi connectivity index (χ2v) is 8.01. The van der Waals surface area contributed by atoms with Crippen LogP contribution in [-0.4, -0.2) is 48.6 Å². The topological polar surface area (TPSA) is 85.3 Å². The fourth-order valence-electron chi connectivity index (χ4n) is 3.98. The molecule has 1 atom stereocenters. The predicted molar refractivity (Wildman–Crippen MR) is 119 cm³/mol. The first kappa shape index (κ1) is 22.0. The van der Waals surface area contributed by atoms with Gasteiger partial charge in [-0.15, -0.1) is 0 Å². The third-order valence-electron chi connectivity index (χ3n) is 5.60. The van der Waals surface area contributed by atoms with Crippen molar-refractivity contribution in [3.05, 3.63) is 58.1 Å². The minimum atomic E-state index is -0.752. The molecule has 0 aromatic heterocycles. The normalized spacial score (nSPS) is 19.3. The molecule has 168 valence electrons. The predicted octanol–water partition coefficient (Wildman–Crippen LogP) is 4.34. The van der Waals surface area contributed by atoms with E-state index in [0.717, 1.165) is 12.8 Å². The van der Waals surface area contributed by atoms with Crippen LogP contribution < -0.4 is 14.2 Å². The number of amides is 1. The molecule has 1 amide bonds. The number of halogens is 1. The fraction of sp³-hybridized carbons (Fsp3) is 0.333. The van der Waals surface area contributed by atoms with Crippen LogP contribution in [0.2, 0.25) is 5.02 Å². The molecule has 0 saturated carbocycles. The number of hydrogen-bond donors (Lipinski definition) is 1. The number of ketones is 1. The van der Waals surface area contributed by atoms with Crippen molar-refractivity contribution in [1.29, 1.82) is 0 Å². The number of aliphatic hydroxyl groups excluding tert-OH is 1. The van der Waals surface area contributed by atoms with E-state index in [1.807, 2.05) is 6.92 Å². The van der Waals surface area contributed by atoms with Crippen LogP contribution in [0, 0.1) is 0 Å². The first-order valence-corrected chi connectivity index (χ1v) is 10.9. The standard InChI is InChI=1S/C24H24ClNO6/c1-3-4-9-26-21(14-5-8-18-19(13-14)32-11-10-31-18)20(23(28)24(26)29)22(27)15-6-7-17(30-2)16(25)12-15/h5-8,12-13,21,27H,3-4,9-11H2,1-2H3/b22-20+. The summed E-state index contributed by atoms with van der Waals surface area (Å²) in [7, 11) is 1.49. The molecule has 0 aliphatic carbocycles. The van der Waals surface area contributed by atoms with Gasteiger partial charge in [0.25, 0.3) is 11.7 Å². The molecule has 0 spiro atoms. The van der Waals surface area contributed by atoms with Crippen molar-refractivity contribution in [2.24, 2.45) is 0 Å². The Kier molecular flexibility index (Phi) is 6.28. The molecule has 2 aromatic carbocycles. The first-order chi connectivity index (χ1) is 15.5. The molecule has 2 aliphatic rings. The van der Waals surface area contributed by atoms with E-state index in [9.17, 15) is 14.7 Å². The van der Waals surface area contributed by atoms with Crippen LogP contribution in [0.15, 0.2) is 42.0 Å². The number of likely N-dealkylation sites (tertiary alicyclic amines) is 1. The van der Waals surface area contributed by atoms with Gasteiger partial charge in [-0.05, 0) is 42.3 Å². The molecule has 0 radical (unpaired) electrons. The van der Waals surface area contributed by atoms with Crippen molar-refractivity contribution in [1.82, 2.24) is 4.90 Å². The summed E-state index contributed by atoms with van der Waals surface area (Å²) in [5.41, 5.74) is 1.00. The zero-order valence-electron chi connectivity index (χ0n) is 17.9. The molecule has 8 heteroatoms. The molecule has 2 aliphatic heterocycles. The Morgan fingerprint density at radius 2 is 1.91 bits per heavy atom. The number of Topliss-reactive ketones (excluding diaryl/α,β-unsaturated/α-hetero) is 1. The number of hydrogen-bond acceptors (Lipinski definition) is 6. The summed E-state index contributed by atoms with van der Waals surface area (Å²) < 4.78 is 16.4. The van der Waals surface area contributed by atoms with Gasteiger partial charge in [-0.25, -0.2) is 0 Å². The van der Waals surface area contributed by atoms with Gasteiger partial charge in [-0.3, -0.25) is 9.59 Å². The fourth-order valence-corrected chi connectivity index (χ4v) is 4.24. The maximum absolute atomic E-state index is 13.1. The average Bonchev–Trinajstić information content (AvgIpc) is 3.06. The molecule has 2 aromatic rings. The average molecular weight is 458 g/mol. The van der Waals surface area contributed by atoms with E-state index in [0.29, 0.717) is 48.1 Å². The molecular weight excluding hydrogens is 434 g/mol. The zero-order valence-corrected chi connectivity index (χ0v) is 18.6. The van der Waals surface area contributed by atoms with Gasteiger partial charge < -0.3 is 24.2 Å². The van der Waals surface area contributed by atoms with Gasteiger partial charge in [0.15, 0.2) is 11.5 Å². The van der Waals surface area contributed by atoms with E-state index in [-0.39, 0.29) is 16.4 Å². The van der Waals surface area contributed by atoms with E-state index in [4.69, 9.17) is 25.8 Å². The summed E-state index contributed by atoms with van der Waals surface area (Å²) in [4.78, 5) is 27.5. The molecule has 1 saturated heterocycles. The lowest BCUT2D eigenvalue weighted by Gasteiger charge is -2.27. The number of benzene rings is 2. The number of unbranched alkanes of at least 4 members (excludes halogenated alkanes) is 1. The summed E-state index contributed by atoms with van der Waals surface area (Å²) in [6.07, 6.45) is 1.58. The lowest BCUT2D eigenvalue weighted by atomic mass is 9.94. The van der Waals surface area contributed by atoms with Crippen LogP contribution in [0.1, 0.15) is 36.9 Å². The Morgan fingerprint density at radius 3 is 2.59 bits per heavy atom. The largest absolute Gasteiger partial charge is 0.507 e. The second kappa shape index (κ2) is 9.12. The highest BCUT2D eigenvalue weighted by molar-refractivity contribution is 6.46. The highest BCUT2D eigenvalue weighted by atomic mass is 35.5. The van der Waals surface area contributed by atoms with Gasteiger partial charge in [-0.2, -0.15) is 0 Å². The Hall–Kier alpha value is -3.19. The second-order valence-electron chi connectivity index (χ2n) is 7.60. The van der Waals surface area contributed by atoms with E-state index >= 15 is 0 Å². The highest BCUT2D eigenvalue weighted by Gasteiger charge is 2.46. The molecule has 1 unspecified atom stereocenters. The highest BCUT2D eigenvalue weighted by Crippen LogP contribution is 2.43. The maximum Gasteiger partial charge on any atom is 0.295 e. The number of fused-ring (bicyclic) bond motifs is 1. The van der Waals surface area contributed by atoms with Crippen molar-refractivity contribution in [2.45, 2.75) is 25.8 Å². The Balaban J connectivity index is 1.85. The smallest absolute Gasteiger partial charge is 0.295 e. The third-order valence-corrected chi connectivity index (χ3v) is 5.90. The summed E-state index contributed by atoms with van der Waals surface area (Å²) in [6, 6.07) is 9.27. The summed E-state index contributed by atoms with van der Waals surface area (Å²) >= 11 is 6.22. The summed E-state index contributed by atoms with van der Waals surface area (Å²) in [6.45, 7) is 3.27. The van der Waals surface area contributed by atoms with Crippen LogP contribution in [0.25, 0.3) is 5.76 Å². The van der Waals surface area contributed by atoms with Crippen LogP contribution in [0.4, 0.5) is 0 Å². The number of nitrogens with zero attached hydrogens (tertiary/aromatic N) is 1. The van der Waals surface area contributed by atoms with Crippen molar-refractivity contribution < 1.29 is 28.9 Å². The van der Waals surface area contributed by atoms with E-state index < -0.39 is 17.7 Å². The lowest BCUT2D eigenvalue weighted by molar-refractivity contribution is -0.139. The van der Waals surface area contributed by atoms with Crippen LogP contribution in [0.3, 0.4) is 0 Å². The van der Waals surface area contributed by atoms with Gasteiger partial charge in [0.2, 0.25) is 0 Å². The Morgan fingerprint density at radius 1 is 1.16 bits per heavy atom. The first-order valence-electron chi connectivity index (χ1n) is 10.5. The molecule has 7 nitrogen and oxygen atoms in total. The molecule has 0 bridgehead atoms. The molecule has 1 N–H and O–H groups in total. The number of ether oxygens (including phenoxy) is 3. The minimum absolute atomic E-state index is 0.0176. The van der Waals surface area contributed by atoms with E-state index in [1.165, 1.54) is 18.1 Å². The maximum atomic E-state index is 13.1. The third kappa shape index (κ3) is 3.88. The Bertz CT molecular complexity index is 1100. The van der Waals surface area contributed by atoms with Crippen molar-refractivity contribution in [3.8, 4) is 17.2 Å². The van der Waals surface area contributed by atoms with Crippen LogP contribution in [-0.2, 0) is 9.59 Å². The number of methoxy groups -OCH3 is 1. The van der Waals surface area contributed by atoms with Gasteiger partial charge in [0.1, 0.15) is 24.7 Å². The van der Waals surface area contributed by atoms with Crippen molar-refractivity contribution in [3.63, 3.8) is 0 Å². The SMILES string of the molecule is CCCCN1C(=O)C(=O)/C(=C(/O)c2ccc(OC)c(Cl)c2)C1c1ccc2c(c1)OCCO2. The molecular formula is C24H24ClNO6. The number of carbonyl (C=O) groups is 2. The summed E-state index contributed by atoms with van der Waals surface area (Å²) in [5.74, 6) is -0.0681. The number of aliphatic hydroxyl groups is 1. The van der Waals surface area contributed by atoms with Gasteiger partial charge >= 0.3 is 0 Å². The Labute approximate surface area is 191 Å². The van der Waals surface area contributed by atoms with E-state index in [1.54, 1.807) is 30.3 Å². The molecule has 4 rings (SSSR count). The van der Waals surface area contributed by atoms with E-state index in [2.05, 4.69) is 0 Å². The number of rotatable bonds is 6. The molecule has 32 heavy (non-hydrogen) atoms. The number of carbonyl (C=O) groups excluding carboxylic acids is 2. The quantitative estimate of drug-likeness (QED) is 0.394. The van der Waals surface area contributed by atoms with Crippen molar-refractivity contribution >= 4 is 29.1 Å². The van der Waals surface area contributed by atoms with Gasteiger partial charge in [0.05, 0.1) is 23.7 Å². The lowest BCUT2D eigenvalue weighted by Crippen LogP contribution is -2.30. The molecule has 1 fully saturated rings. The van der Waals surface area contributed by atoms with Crippen LogP contribution >= 0.6 is 11.6 Å². The monoisotopic (exact) mass is 457 g/mol. The zero-order chi connectivity index (χ0) is 22.8. The molecule has 2 heterocycles. The minimum Gasteiger partial charge on any atom is -0.507 e. The summed E-state index contributed by atoms with van der Waals surface area (Å²) in [5, 5.41) is 11.4.